The molecule has 4 aliphatic heterocycles. The average molecular weight is 621 g/mol. The largest absolute Gasteiger partial charge is 0.444 e. The molecule has 0 spiro atoms. The molecule has 244 valence electrons. The van der Waals surface area contributed by atoms with Crippen molar-refractivity contribution in [3.63, 3.8) is 0 Å². The van der Waals surface area contributed by atoms with Crippen molar-refractivity contribution in [3.05, 3.63) is 29.3 Å². The Labute approximate surface area is 266 Å². The number of ether oxygens (including phenoxy) is 1. The summed E-state index contributed by atoms with van der Waals surface area (Å²) in [6.45, 7) is 11.4. The first-order valence-electron chi connectivity index (χ1n) is 17.0. The summed E-state index contributed by atoms with van der Waals surface area (Å²) in [5.41, 5.74) is 1.46. The Bertz CT molecular complexity index is 1330. The van der Waals surface area contributed by atoms with Crippen LogP contribution >= 0.6 is 0 Å². The Morgan fingerprint density at radius 3 is 2.07 bits per heavy atom. The lowest BCUT2D eigenvalue weighted by molar-refractivity contribution is -0.136. The van der Waals surface area contributed by atoms with Crippen molar-refractivity contribution in [1.82, 2.24) is 15.1 Å². The van der Waals surface area contributed by atoms with Gasteiger partial charge in [0.2, 0.25) is 11.8 Å². The molecule has 1 aromatic carbocycles. The van der Waals surface area contributed by atoms with Crippen LogP contribution in [-0.2, 0) is 14.3 Å². The normalized spacial score (nSPS) is 26.3. The number of piperidine rings is 4. The van der Waals surface area contributed by atoms with E-state index >= 15 is 0 Å². The molecule has 5 aliphatic rings. The molecule has 4 fully saturated rings. The van der Waals surface area contributed by atoms with Crippen molar-refractivity contribution in [3.8, 4) is 0 Å². The van der Waals surface area contributed by atoms with Crippen LogP contribution in [0.3, 0.4) is 0 Å². The van der Waals surface area contributed by atoms with Crippen LogP contribution in [0.1, 0.15) is 99.3 Å². The van der Waals surface area contributed by atoms with Crippen LogP contribution in [0.15, 0.2) is 18.2 Å². The van der Waals surface area contributed by atoms with E-state index in [1.807, 2.05) is 37.8 Å². The molecule has 6 rings (SSSR count). The molecule has 4 heterocycles. The van der Waals surface area contributed by atoms with Crippen LogP contribution in [0.25, 0.3) is 0 Å². The number of hydrogen-bond acceptors (Lipinski definition) is 8. The summed E-state index contributed by atoms with van der Waals surface area (Å²) in [5, 5.41) is 2.34. The number of nitrogens with one attached hydrogen (secondary N) is 1. The average Bonchev–Trinajstić information content (AvgIpc) is 3.26. The molecule has 2 unspecified atom stereocenters. The summed E-state index contributed by atoms with van der Waals surface area (Å²) in [6, 6.07) is 6.18. The van der Waals surface area contributed by atoms with Gasteiger partial charge in [-0.1, -0.05) is 0 Å². The van der Waals surface area contributed by atoms with Gasteiger partial charge in [0.05, 0.1) is 5.92 Å². The molecule has 1 aliphatic carbocycles. The highest BCUT2D eigenvalue weighted by Gasteiger charge is 2.42. The van der Waals surface area contributed by atoms with Crippen LogP contribution in [0.4, 0.5) is 10.5 Å². The fraction of sp³-hybridized carbons (Fsp3) is 0.686. The maximum absolute atomic E-state index is 13.3. The predicted octanol–water partition coefficient (Wildman–Crippen LogP) is 4.45. The van der Waals surface area contributed by atoms with E-state index in [4.69, 9.17) is 4.74 Å². The number of rotatable bonds is 5. The molecule has 10 heteroatoms. The number of benzene rings is 1. The minimum Gasteiger partial charge on any atom is -0.444 e. The summed E-state index contributed by atoms with van der Waals surface area (Å²) < 4.78 is 5.56. The van der Waals surface area contributed by atoms with Crippen LogP contribution in [0, 0.1) is 23.7 Å². The Morgan fingerprint density at radius 1 is 0.822 bits per heavy atom. The third kappa shape index (κ3) is 6.95. The van der Waals surface area contributed by atoms with Gasteiger partial charge in [-0.15, -0.1) is 0 Å². The number of fused-ring (bicyclic) bond motifs is 1. The smallest absolute Gasteiger partial charge is 0.410 e. The van der Waals surface area contributed by atoms with Crippen LogP contribution in [-0.4, -0.2) is 90.2 Å². The lowest BCUT2D eigenvalue weighted by atomic mass is 9.78. The van der Waals surface area contributed by atoms with Crippen molar-refractivity contribution in [1.29, 1.82) is 0 Å². The summed E-state index contributed by atoms with van der Waals surface area (Å²) in [7, 11) is 0. The number of amides is 3. The molecular weight excluding hydrogens is 572 g/mol. The van der Waals surface area contributed by atoms with Gasteiger partial charge in [0.25, 0.3) is 0 Å². The van der Waals surface area contributed by atoms with E-state index in [-0.39, 0.29) is 42.3 Å². The van der Waals surface area contributed by atoms with Crippen molar-refractivity contribution >= 4 is 35.2 Å². The maximum Gasteiger partial charge on any atom is 0.410 e. The first-order valence-corrected chi connectivity index (χ1v) is 17.0. The van der Waals surface area contributed by atoms with Gasteiger partial charge in [-0.25, -0.2) is 4.79 Å². The number of imide groups is 1. The highest BCUT2D eigenvalue weighted by atomic mass is 16.6. The number of likely N-dealkylation sites (tertiary alicyclic amines) is 2. The summed E-state index contributed by atoms with van der Waals surface area (Å²) in [5.74, 6) is -0.964. The zero-order valence-corrected chi connectivity index (χ0v) is 27.0. The van der Waals surface area contributed by atoms with E-state index < -0.39 is 17.4 Å². The number of carbonyl (C=O) groups excluding carboxylic acids is 5. The van der Waals surface area contributed by atoms with E-state index in [0.29, 0.717) is 29.5 Å². The molecule has 10 nitrogen and oxygen atoms in total. The topological polar surface area (TPSA) is 116 Å². The van der Waals surface area contributed by atoms with Gasteiger partial charge in [0, 0.05) is 61.4 Å². The highest BCUT2D eigenvalue weighted by molar-refractivity contribution is 6.26. The second kappa shape index (κ2) is 12.9. The highest BCUT2D eigenvalue weighted by Crippen LogP contribution is 2.38. The molecule has 2 atom stereocenters. The van der Waals surface area contributed by atoms with Gasteiger partial charge in [-0.3, -0.25) is 24.5 Å². The minimum atomic E-state index is -0.840. The fourth-order valence-corrected chi connectivity index (χ4v) is 8.23. The van der Waals surface area contributed by atoms with E-state index in [0.717, 1.165) is 76.6 Å². The van der Waals surface area contributed by atoms with E-state index in [1.165, 1.54) is 12.8 Å². The standard InChI is InChI=1S/C35H48N4O6/c1-35(2,3)45-34(44)39-18-12-25(13-19-39)37-14-8-22(9-15-37)23-10-16-38(17-11-23)26-5-6-27-28(21-26)32(42)29(31(27)41)20-24-4-7-30(40)36-33(24)43/h5-6,21-25,29H,4,7-20H2,1-3H3,(H,36,40,43). The zero-order valence-electron chi connectivity index (χ0n) is 27.0. The van der Waals surface area contributed by atoms with Crippen LogP contribution < -0.4 is 10.2 Å². The molecule has 1 N–H and O–H groups in total. The van der Waals surface area contributed by atoms with Crippen molar-refractivity contribution in [2.75, 3.05) is 44.2 Å². The number of nitrogens with zero attached hydrogens (tertiary/aromatic N) is 3. The summed E-state index contributed by atoms with van der Waals surface area (Å²) >= 11 is 0. The molecular formula is C35H48N4O6. The third-order valence-electron chi connectivity index (χ3n) is 10.8. The summed E-state index contributed by atoms with van der Waals surface area (Å²) in [4.78, 5) is 69.5. The van der Waals surface area contributed by atoms with Gasteiger partial charge in [0.1, 0.15) is 5.60 Å². The van der Waals surface area contributed by atoms with Gasteiger partial charge in [-0.2, -0.15) is 0 Å². The Balaban J connectivity index is 0.962. The van der Waals surface area contributed by atoms with Crippen molar-refractivity contribution in [2.45, 2.75) is 90.2 Å². The molecule has 1 aromatic rings. The quantitative estimate of drug-likeness (QED) is 0.379. The Kier molecular flexibility index (Phi) is 9.05. The van der Waals surface area contributed by atoms with E-state index in [2.05, 4.69) is 15.1 Å². The van der Waals surface area contributed by atoms with Crippen molar-refractivity contribution in [2.24, 2.45) is 23.7 Å². The maximum atomic E-state index is 13.3. The van der Waals surface area contributed by atoms with Gasteiger partial charge in [0.15, 0.2) is 11.6 Å². The molecule has 0 radical (unpaired) electrons. The minimum absolute atomic E-state index is 0.163. The number of Topliss-reactive ketones (excluding diaryl/α,β-unsaturated/α-hetero) is 2. The van der Waals surface area contributed by atoms with E-state index in [1.54, 1.807) is 6.07 Å². The number of ketones is 2. The van der Waals surface area contributed by atoms with Crippen LogP contribution in [0.5, 0.6) is 0 Å². The Hall–Kier alpha value is -3.27. The molecule has 45 heavy (non-hydrogen) atoms. The molecule has 3 amide bonds. The predicted molar refractivity (Wildman–Crippen MR) is 169 cm³/mol. The Morgan fingerprint density at radius 2 is 1.44 bits per heavy atom. The zero-order chi connectivity index (χ0) is 31.9. The van der Waals surface area contributed by atoms with Gasteiger partial charge < -0.3 is 19.4 Å². The van der Waals surface area contributed by atoms with Crippen LogP contribution in [0.2, 0.25) is 0 Å². The second-order valence-corrected chi connectivity index (χ2v) is 14.8. The summed E-state index contributed by atoms with van der Waals surface area (Å²) in [6.07, 6.45) is 7.31. The third-order valence-corrected chi connectivity index (χ3v) is 10.8. The monoisotopic (exact) mass is 620 g/mol. The van der Waals surface area contributed by atoms with E-state index in [9.17, 15) is 24.0 Å². The van der Waals surface area contributed by atoms with Gasteiger partial charge >= 0.3 is 6.09 Å². The molecule has 0 bridgehead atoms. The lowest BCUT2D eigenvalue weighted by Crippen LogP contribution is -2.50. The first kappa shape index (κ1) is 31.7. The molecule has 4 saturated heterocycles. The SMILES string of the molecule is CC(C)(C)OC(=O)N1CCC(N2CCC(C3CCN(c4ccc5c(c4)C(=O)C(CC4CCC(=O)NC4=O)C5=O)CC3)CC2)CC1. The second-order valence-electron chi connectivity index (χ2n) is 14.8. The molecule has 0 aromatic heterocycles. The van der Waals surface area contributed by atoms with Gasteiger partial charge in [-0.05, 0) is 115 Å². The number of hydrogen-bond donors (Lipinski definition) is 1. The fourth-order valence-electron chi connectivity index (χ4n) is 8.23. The van der Waals surface area contributed by atoms with Crippen molar-refractivity contribution < 1.29 is 28.7 Å². The lowest BCUT2D eigenvalue weighted by Gasteiger charge is -2.44. The first-order chi connectivity index (χ1) is 21.5. The molecule has 0 saturated carbocycles. The number of carbonyl (C=O) groups is 5. The number of anilines is 1.